The topological polar surface area (TPSA) is 79.5 Å². The van der Waals surface area contributed by atoms with E-state index < -0.39 is 16.8 Å². The Balaban J connectivity index is 2.40. The number of aryl methyl sites for hydroxylation is 1. The number of carboxylic acids is 1. The largest absolute Gasteiger partial charge is 0.475 e. The van der Waals surface area contributed by atoms with Crippen LogP contribution in [0.15, 0.2) is 10.5 Å². The number of furan rings is 1. The summed E-state index contributed by atoms with van der Waals surface area (Å²) >= 11 is 0. The van der Waals surface area contributed by atoms with Crippen molar-refractivity contribution in [2.75, 3.05) is 12.8 Å². The maximum Gasteiger partial charge on any atom is 0.371 e. The number of carbonyl (C=O) groups is 1. The standard InChI is InChI=1S/C12H19NO4S/c1-8(18(3)16)4-5-13-7-10-6-11(12(14)15)17-9(10)2/h6,8,13H,4-5,7H2,1-3H3,(H,14,15). The van der Waals surface area contributed by atoms with Crippen molar-refractivity contribution in [2.24, 2.45) is 0 Å². The molecule has 0 aliphatic carbocycles. The number of hydrogen-bond acceptors (Lipinski definition) is 4. The van der Waals surface area contributed by atoms with Gasteiger partial charge in [-0.2, -0.15) is 0 Å². The maximum atomic E-state index is 11.1. The third-order valence-corrected chi connectivity index (χ3v) is 4.21. The highest BCUT2D eigenvalue weighted by Crippen LogP contribution is 2.14. The van der Waals surface area contributed by atoms with E-state index in [1.54, 1.807) is 13.2 Å². The smallest absolute Gasteiger partial charge is 0.371 e. The molecule has 0 spiro atoms. The predicted molar refractivity (Wildman–Crippen MR) is 70.3 cm³/mol. The summed E-state index contributed by atoms with van der Waals surface area (Å²) in [4.78, 5) is 10.7. The van der Waals surface area contributed by atoms with Crippen LogP contribution in [0, 0.1) is 6.92 Å². The molecule has 0 bridgehead atoms. The minimum atomic E-state index is -1.06. The Hall–Kier alpha value is -1.14. The van der Waals surface area contributed by atoms with Gasteiger partial charge in [-0.1, -0.05) is 6.92 Å². The Bertz CT molecular complexity index is 441. The van der Waals surface area contributed by atoms with Crippen LogP contribution < -0.4 is 5.32 Å². The van der Waals surface area contributed by atoms with Gasteiger partial charge in [-0.15, -0.1) is 0 Å². The van der Waals surface area contributed by atoms with Crippen molar-refractivity contribution >= 4 is 16.8 Å². The number of carboxylic acid groups (broad SMARTS) is 1. The minimum absolute atomic E-state index is 0.0349. The van der Waals surface area contributed by atoms with Crippen LogP contribution >= 0.6 is 0 Å². The summed E-state index contributed by atoms with van der Waals surface area (Å²) in [7, 11) is -0.801. The van der Waals surface area contributed by atoms with Crippen molar-refractivity contribution in [2.45, 2.75) is 32.1 Å². The molecule has 0 fully saturated rings. The first-order chi connectivity index (χ1) is 8.41. The van der Waals surface area contributed by atoms with Crippen LogP contribution in [-0.2, 0) is 17.3 Å². The first-order valence-corrected chi connectivity index (χ1v) is 7.39. The number of rotatable bonds is 7. The van der Waals surface area contributed by atoms with Gasteiger partial charge in [-0.3, -0.25) is 4.21 Å². The van der Waals surface area contributed by atoms with Crippen LogP contribution in [0.4, 0.5) is 0 Å². The van der Waals surface area contributed by atoms with Gasteiger partial charge in [0.15, 0.2) is 0 Å². The van der Waals surface area contributed by atoms with Crippen LogP contribution in [0.3, 0.4) is 0 Å². The highest BCUT2D eigenvalue weighted by molar-refractivity contribution is 7.84. The molecule has 1 rings (SSSR count). The lowest BCUT2D eigenvalue weighted by atomic mass is 10.2. The average molecular weight is 273 g/mol. The summed E-state index contributed by atoms with van der Waals surface area (Å²) in [5.74, 6) is -0.473. The molecule has 0 amide bonds. The molecular formula is C12H19NO4S. The highest BCUT2D eigenvalue weighted by Gasteiger charge is 2.12. The van der Waals surface area contributed by atoms with E-state index in [-0.39, 0.29) is 11.0 Å². The molecule has 18 heavy (non-hydrogen) atoms. The predicted octanol–water partition coefficient (Wildman–Crippen LogP) is 1.53. The summed E-state index contributed by atoms with van der Waals surface area (Å²) in [5, 5.41) is 12.1. The fourth-order valence-corrected chi connectivity index (χ4v) is 1.94. The molecule has 5 nitrogen and oxygen atoms in total. The quantitative estimate of drug-likeness (QED) is 0.737. The summed E-state index contributed by atoms with van der Waals surface area (Å²) in [6, 6.07) is 1.53. The van der Waals surface area contributed by atoms with Gasteiger partial charge >= 0.3 is 5.97 Å². The number of nitrogens with one attached hydrogen (secondary N) is 1. The lowest BCUT2D eigenvalue weighted by molar-refractivity contribution is 0.0661. The Morgan fingerprint density at radius 2 is 2.28 bits per heavy atom. The van der Waals surface area contributed by atoms with Crippen molar-refractivity contribution in [3.63, 3.8) is 0 Å². The minimum Gasteiger partial charge on any atom is -0.475 e. The third kappa shape index (κ3) is 4.27. The molecule has 0 saturated heterocycles. The second kappa shape index (κ2) is 6.70. The van der Waals surface area contributed by atoms with Crippen LogP contribution in [0.1, 0.15) is 35.2 Å². The maximum absolute atomic E-state index is 11.1. The zero-order valence-corrected chi connectivity index (χ0v) is 11.7. The van der Waals surface area contributed by atoms with E-state index in [1.807, 2.05) is 6.92 Å². The van der Waals surface area contributed by atoms with Gasteiger partial charge < -0.3 is 14.8 Å². The van der Waals surface area contributed by atoms with E-state index in [4.69, 9.17) is 9.52 Å². The Morgan fingerprint density at radius 3 is 2.78 bits per heavy atom. The van der Waals surface area contributed by atoms with Crippen molar-refractivity contribution in [1.29, 1.82) is 0 Å². The van der Waals surface area contributed by atoms with Gasteiger partial charge in [0.25, 0.3) is 0 Å². The molecule has 6 heteroatoms. The number of hydrogen-bond donors (Lipinski definition) is 2. The molecule has 0 aromatic carbocycles. The Morgan fingerprint density at radius 1 is 1.61 bits per heavy atom. The molecule has 0 aliphatic heterocycles. The van der Waals surface area contributed by atoms with E-state index in [0.717, 1.165) is 18.5 Å². The summed E-state index contributed by atoms with van der Waals surface area (Å²) in [5.41, 5.74) is 0.845. The van der Waals surface area contributed by atoms with Crippen molar-refractivity contribution in [3.8, 4) is 0 Å². The lowest BCUT2D eigenvalue weighted by Crippen LogP contribution is -2.21. The first kappa shape index (κ1) is 14.9. The van der Waals surface area contributed by atoms with Crippen LogP contribution in [0.25, 0.3) is 0 Å². The summed E-state index contributed by atoms with van der Waals surface area (Å²) < 4.78 is 16.2. The van der Waals surface area contributed by atoms with Gasteiger partial charge in [0.2, 0.25) is 5.76 Å². The summed E-state index contributed by atoms with van der Waals surface area (Å²) in [6.45, 7) is 5.00. The van der Waals surface area contributed by atoms with Gasteiger partial charge in [0, 0.05) is 34.4 Å². The van der Waals surface area contributed by atoms with Gasteiger partial charge in [-0.05, 0) is 26.0 Å². The average Bonchev–Trinajstić information content (AvgIpc) is 2.66. The first-order valence-electron chi connectivity index (χ1n) is 5.77. The van der Waals surface area contributed by atoms with E-state index >= 15 is 0 Å². The number of aromatic carboxylic acids is 1. The molecule has 2 unspecified atom stereocenters. The molecule has 1 aromatic heterocycles. The summed E-state index contributed by atoms with van der Waals surface area (Å²) in [6.07, 6.45) is 2.52. The van der Waals surface area contributed by atoms with E-state index in [2.05, 4.69) is 5.32 Å². The van der Waals surface area contributed by atoms with E-state index in [0.29, 0.717) is 12.3 Å². The molecule has 102 valence electrons. The normalized spacial score (nSPS) is 14.4. The third-order valence-electron chi connectivity index (χ3n) is 2.84. The molecule has 1 heterocycles. The second-order valence-electron chi connectivity index (χ2n) is 4.27. The molecule has 0 saturated carbocycles. The second-order valence-corrected chi connectivity index (χ2v) is 6.07. The SMILES string of the molecule is Cc1oc(C(=O)O)cc1CNCCC(C)S(C)=O. The zero-order chi connectivity index (χ0) is 13.7. The van der Waals surface area contributed by atoms with E-state index in [9.17, 15) is 9.00 Å². The zero-order valence-electron chi connectivity index (χ0n) is 10.9. The van der Waals surface area contributed by atoms with Crippen molar-refractivity contribution in [3.05, 3.63) is 23.2 Å². The molecule has 2 N–H and O–H groups in total. The molecular weight excluding hydrogens is 254 g/mol. The highest BCUT2D eigenvalue weighted by atomic mass is 32.2. The van der Waals surface area contributed by atoms with E-state index in [1.165, 1.54) is 6.07 Å². The Kier molecular flexibility index (Phi) is 5.55. The van der Waals surface area contributed by atoms with Crippen molar-refractivity contribution < 1.29 is 18.5 Å². The van der Waals surface area contributed by atoms with Gasteiger partial charge in [0.1, 0.15) is 5.76 Å². The van der Waals surface area contributed by atoms with Crippen LogP contribution in [0.2, 0.25) is 0 Å². The van der Waals surface area contributed by atoms with Crippen LogP contribution in [0.5, 0.6) is 0 Å². The van der Waals surface area contributed by atoms with Crippen LogP contribution in [-0.4, -0.2) is 33.3 Å². The lowest BCUT2D eigenvalue weighted by Gasteiger charge is -2.08. The molecule has 1 aromatic rings. The fourth-order valence-electron chi connectivity index (χ4n) is 1.50. The van der Waals surface area contributed by atoms with Gasteiger partial charge in [-0.25, -0.2) is 4.79 Å². The fraction of sp³-hybridized carbons (Fsp3) is 0.583. The molecule has 0 radical (unpaired) electrons. The molecule has 0 aliphatic rings. The Labute approximate surface area is 109 Å². The molecule has 2 atom stereocenters. The van der Waals surface area contributed by atoms with Gasteiger partial charge in [0.05, 0.1) is 0 Å². The monoisotopic (exact) mass is 273 g/mol. The van der Waals surface area contributed by atoms with Crippen molar-refractivity contribution in [1.82, 2.24) is 5.32 Å².